The summed E-state index contributed by atoms with van der Waals surface area (Å²) in [6, 6.07) is 8.45. The van der Waals surface area contributed by atoms with E-state index in [4.69, 9.17) is 5.73 Å². The van der Waals surface area contributed by atoms with E-state index in [1.807, 2.05) is 13.8 Å². The summed E-state index contributed by atoms with van der Waals surface area (Å²) in [5, 5.41) is 2.96. The van der Waals surface area contributed by atoms with Crippen LogP contribution in [-0.4, -0.2) is 29.9 Å². The topological polar surface area (TPSA) is 58.4 Å². The molecule has 0 aromatic heterocycles. The Hall–Kier alpha value is -0.810. The molecule has 1 aliphatic rings. The molecule has 1 heterocycles. The van der Waals surface area contributed by atoms with E-state index in [9.17, 15) is 4.79 Å². The highest BCUT2D eigenvalue weighted by atomic mass is 35.5. The Morgan fingerprint density at radius 2 is 1.84 bits per heavy atom. The normalized spacial score (nSPS) is 19.9. The number of nitrogens with zero attached hydrogens (tertiary/aromatic N) is 1. The van der Waals surface area contributed by atoms with Crippen LogP contribution in [0.4, 0.5) is 0 Å². The summed E-state index contributed by atoms with van der Waals surface area (Å²) in [7, 11) is 0. The highest BCUT2D eigenvalue weighted by molar-refractivity contribution is 5.85. The predicted molar refractivity (Wildman–Crippen MR) is 109 cm³/mol. The largest absolute Gasteiger partial charge is 0.352 e. The lowest BCUT2D eigenvalue weighted by Gasteiger charge is -2.30. The van der Waals surface area contributed by atoms with Crippen molar-refractivity contribution in [3.63, 3.8) is 0 Å². The summed E-state index contributed by atoms with van der Waals surface area (Å²) in [6.07, 6.45) is 2.66. The van der Waals surface area contributed by atoms with Gasteiger partial charge in [0.05, 0.1) is 0 Å². The first-order valence-electron chi connectivity index (χ1n) is 8.79. The Bertz CT molecular complexity index is 508. The second-order valence-corrected chi connectivity index (χ2v) is 7.16. The van der Waals surface area contributed by atoms with Crippen molar-refractivity contribution in [3.8, 4) is 0 Å². The second-order valence-electron chi connectivity index (χ2n) is 7.16. The van der Waals surface area contributed by atoms with Crippen LogP contribution >= 0.6 is 24.8 Å². The van der Waals surface area contributed by atoms with Crippen molar-refractivity contribution < 1.29 is 4.79 Å². The number of halogens is 2. The van der Waals surface area contributed by atoms with Gasteiger partial charge < -0.3 is 11.1 Å². The van der Waals surface area contributed by atoms with E-state index in [-0.39, 0.29) is 42.7 Å². The zero-order valence-electron chi connectivity index (χ0n) is 15.5. The summed E-state index contributed by atoms with van der Waals surface area (Å²) in [6.45, 7) is 10.1. The van der Waals surface area contributed by atoms with Crippen LogP contribution in [0.15, 0.2) is 24.3 Å². The van der Waals surface area contributed by atoms with Gasteiger partial charge in [-0.15, -0.1) is 24.8 Å². The molecule has 144 valence electrons. The van der Waals surface area contributed by atoms with E-state index in [1.165, 1.54) is 31.5 Å². The quantitative estimate of drug-likeness (QED) is 0.783. The van der Waals surface area contributed by atoms with E-state index in [0.717, 1.165) is 18.0 Å². The maximum atomic E-state index is 11.9. The van der Waals surface area contributed by atoms with Crippen LogP contribution < -0.4 is 11.1 Å². The molecule has 1 saturated heterocycles. The predicted octanol–water partition coefficient (Wildman–Crippen LogP) is 3.36. The minimum Gasteiger partial charge on any atom is -0.352 e. The molecular formula is C19H33Cl2N3O. The minimum atomic E-state index is -0.157. The smallest absolute Gasteiger partial charge is 0.224 e. The third kappa shape index (κ3) is 7.95. The highest BCUT2D eigenvalue weighted by Crippen LogP contribution is 2.18. The van der Waals surface area contributed by atoms with E-state index in [2.05, 4.69) is 41.4 Å². The van der Waals surface area contributed by atoms with Crippen LogP contribution in [0.25, 0.3) is 0 Å². The van der Waals surface area contributed by atoms with Crippen LogP contribution in [-0.2, 0) is 17.9 Å². The molecule has 0 saturated carbocycles. The van der Waals surface area contributed by atoms with Crippen LogP contribution in [0.3, 0.4) is 0 Å². The molecule has 1 fully saturated rings. The summed E-state index contributed by atoms with van der Waals surface area (Å²) in [5.74, 6) is 0.673. The molecule has 3 atom stereocenters. The fraction of sp³-hybridized carbons (Fsp3) is 0.632. The first kappa shape index (κ1) is 24.2. The summed E-state index contributed by atoms with van der Waals surface area (Å²) in [5.41, 5.74) is 8.23. The first-order chi connectivity index (χ1) is 11.0. The number of amides is 1. The Morgan fingerprint density at radius 1 is 1.24 bits per heavy atom. The molecule has 1 amide bonds. The minimum absolute atomic E-state index is 0. The SMILES string of the molecule is CC1CCCN(Cc2ccc(CNC(=O)C(C)C(C)N)cc2)C1.Cl.Cl. The molecule has 6 heteroatoms. The van der Waals surface area contributed by atoms with Gasteiger partial charge in [-0.05, 0) is 43.4 Å². The Morgan fingerprint density at radius 3 is 2.40 bits per heavy atom. The van der Waals surface area contributed by atoms with Gasteiger partial charge >= 0.3 is 0 Å². The molecule has 0 spiro atoms. The molecular weight excluding hydrogens is 357 g/mol. The van der Waals surface area contributed by atoms with E-state index >= 15 is 0 Å². The second kappa shape index (κ2) is 11.7. The van der Waals surface area contributed by atoms with Crippen molar-refractivity contribution in [1.29, 1.82) is 0 Å². The molecule has 1 aromatic rings. The van der Waals surface area contributed by atoms with Crippen molar-refractivity contribution in [3.05, 3.63) is 35.4 Å². The number of piperidine rings is 1. The molecule has 4 nitrogen and oxygen atoms in total. The highest BCUT2D eigenvalue weighted by Gasteiger charge is 2.17. The zero-order chi connectivity index (χ0) is 16.8. The molecule has 0 aliphatic carbocycles. The summed E-state index contributed by atoms with van der Waals surface area (Å²) < 4.78 is 0. The van der Waals surface area contributed by atoms with Gasteiger partial charge in [-0.2, -0.15) is 0 Å². The van der Waals surface area contributed by atoms with Gasteiger partial charge in [-0.1, -0.05) is 38.1 Å². The number of hydrogen-bond donors (Lipinski definition) is 2. The van der Waals surface area contributed by atoms with Crippen LogP contribution in [0, 0.1) is 11.8 Å². The molecule has 1 aromatic carbocycles. The number of carbonyl (C=O) groups excluding carboxylic acids is 1. The van der Waals surface area contributed by atoms with Crippen molar-refractivity contribution in [2.24, 2.45) is 17.6 Å². The van der Waals surface area contributed by atoms with Gasteiger partial charge in [-0.25, -0.2) is 0 Å². The fourth-order valence-corrected chi connectivity index (χ4v) is 3.04. The monoisotopic (exact) mass is 389 g/mol. The number of hydrogen-bond acceptors (Lipinski definition) is 3. The average molecular weight is 390 g/mol. The molecule has 0 radical (unpaired) electrons. The molecule has 25 heavy (non-hydrogen) atoms. The zero-order valence-corrected chi connectivity index (χ0v) is 17.2. The average Bonchev–Trinajstić information content (AvgIpc) is 2.53. The van der Waals surface area contributed by atoms with Gasteiger partial charge in [0.2, 0.25) is 5.91 Å². The van der Waals surface area contributed by atoms with Crippen LogP contribution in [0.2, 0.25) is 0 Å². The molecule has 2 rings (SSSR count). The van der Waals surface area contributed by atoms with Gasteiger partial charge in [0.25, 0.3) is 0 Å². The molecule has 3 N–H and O–H groups in total. The van der Waals surface area contributed by atoms with Crippen molar-refractivity contribution >= 4 is 30.7 Å². The lowest BCUT2D eigenvalue weighted by Crippen LogP contribution is -2.38. The number of likely N-dealkylation sites (tertiary alicyclic amines) is 1. The third-order valence-corrected chi connectivity index (χ3v) is 4.84. The fourth-order valence-electron chi connectivity index (χ4n) is 3.04. The number of nitrogens with one attached hydrogen (secondary N) is 1. The van der Waals surface area contributed by atoms with Gasteiger partial charge in [-0.3, -0.25) is 9.69 Å². The lowest BCUT2D eigenvalue weighted by atomic mass is 9.99. The van der Waals surface area contributed by atoms with Crippen LogP contribution in [0.5, 0.6) is 0 Å². The van der Waals surface area contributed by atoms with Crippen molar-refractivity contribution in [2.45, 2.75) is 52.7 Å². The maximum absolute atomic E-state index is 11.9. The molecule has 0 bridgehead atoms. The third-order valence-electron chi connectivity index (χ3n) is 4.84. The van der Waals surface area contributed by atoms with E-state index in [0.29, 0.717) is 6.54 Å². The standard InChI is InChI=1S/C19H31N3O.2ClH/c1-14-5-4-10-22(12-14)13-18-8-6-17(7-9-18)11-21-19(23)15(2)16(3)20;;/h6-9,14-16H,4-5,10-13,20H2,1-3H3,(H,21,23);2*1H. The lowest BCUT2D eigenvalue weighted by molar-refractivity contribution is -0.125. The van der Waals surface area contributed by atoms with E-state index < -0.39 is 0 Å². The van der Waals surface area contributed by atoms with Gasteiger partial charge in [0.1, 0.15) is 0 Å². The Labute approximate surface area is 164 Å². The number of nitrogens with two attached hydrogens (primary N) is 1. The van der Waals surface area contributed by atoms with Gasteiger partial charge in [0, 0.05) is 31.6 Å². The number of benzene rings is 1. The number of carbonyl (C=O) groups is 1. The Kier molecular flexibility index (Phi) is 11.4. The molecule has 3 unspecified atom stereocenters. The van der Waals surface area contributed by atoms with Crippen LogP contribution in [0.1, 0.15) is 44.7 Å². The number of rotatable bonds is 6. The van der Waals surface area contributed by atoms with Crippen molar-refractivity contribution in [2.75, 3.05) is 13.1 Å². The summed E-state index contributed by atoms with van der Waals surface area (Å²) in [4.78, 5) is 14.5. The van der Waals surface area contributed by atoms with E-state index in [1.54, 1.807) is 0 Å². The molecule has 1 aliphatic heterocycles. The summed E-state index contributed by atoms with van der Waals surface area (Å²) >= 11 is 0. The van der Waals surface area contributed by atoms with Crippen molar-refractivity contribution in [1.82, 2.24) is 10.2 Å². The first-order valence-corrected chi connectivity index (χ1v) is 8.79. The Balaban J connectivity index is 0.00000288. The maximum Gasteiger partial charge on any atom is 0.224 e. The van der Waals surface area contributed by atoms with Gasteiger partial charge in [0.15, 0.2) is 0 Å².